The Kier molecular flexibility index (Phi) is 4.82. The van der Waals surface area contributed by atoms with Gasteiger partial charge in [0.2, 0.25) is 0 Å². The summed E-state index contributed by atoms with van der Waals surface area (Å²) in [6.45, 7) is 0. The van der Waals surface area contributed by atoms with E-state index in [1.54, 1.807) is 0 Å². The highest BCUT2D eigenvalue weighted by molar-refractivity contribution is 8.00. The number of rotatable bonds is 4. The second kappa shape index (κ2) is 7.22. The van der Waals surface area contributed by atoms with Crippen LogP contribution in [0.25, 0.3) is 0 Å². The minimum absolute atomic E-state index is 0.0621. The molecule has 3 atom stereocenters. The zero-order valence-electron chi connectivity index (χ0n) is 14.5. The Balaban J connectivity index is 1.35. The van der Waals surface area contributed by atoms with Gasteiger partial charge < -0.3 is 10.2 Å². The molecule has 1 amide bonds. The van der Waals surface area contributed by atoms with Gasteiger partial charge in [0, 0.05) is 33.5 Å². The fourth-order valence-corrected chi connectivity index (χ4v) is 5.37. The second-order valence-electron chi connectivity index (χ2n) is 7.11. The standard InChI is InChI=1S/C21H24N2OS/c1-23-17-9-10-18(23)14-20(13-17)25-19-11-7-16(8-12-19)22-21(24)15-5-3-2-4-6-15/h2-8,11-12,17-18,20H,9-10,13-14H2,1H3,(H,22,24)/t17-,18+,20?. The molecule has 0 saturated carbocycles. The summed E-state index contributed by atoms with van der Waals surface area (Å²) >= 11 is 2.00. The fraction of sp³-hybridized carbons (Fsp3) is 0.381. The first-order valence-corrected chi connectivity index (χ1v) is 9.92. The third kappa shape index (κ3) is 3.75. The summed E-state index contributed by atoms with van der Waals surface area (Å²) in [5.74, 6) is -0.0621. The molecule has 2 aliphatic heterocycles. The Morgan fingerprint density at radius 1 is 1.00 bits per heavy atom. The first kappa shape index (κ1) is 16.7. The number of piperidine rings is 1. The van der Waals surface area contributed by atoms with Crippen LogP contribution in [0.1, 0.15) is 36.0 Å². The Morgan fingerprint density at radius 3 is 2.28 bits per heavy atom. The molecular weight excluding hydrogens is 328 g/mol. The van der Waals surface area contributed by atoms with E-state index in [1.807, 2.05) is 54.2 Å². The monoisotopic (exact) mass is 352 g/mol. The molecule has 2 aromatic carbocycles. The highest BCUT2D eigenvalue weighted by Crippen LogP contribution is 2.41. The number of benzene rings is 2. The predicted molar refractivity (Wildman–Crippen MR) is 104 cm³/mol. The molecule has 0 aliphatic carbocycles. The van der Waals surface area contributed by atoms with Crippen LogP contribution in [0.2, 0.25) is 0 Å². The van der Waals surface area contributed by atoms with Crippen molar-refractivity contribution in [2.75, 3.05) is 12.4 Å². The Labute approximate surface area is 153 Å². The molecule has 3 nitrogen and oxygen atoms in total. The fourth-order valence-electron chi connectivity index (χ4n) is 4.06. The second-order valence-corrected chi connectivity index (χ2v) is 8.48. The number of carbonyl (C=O) groups is 1. The van der Waals surface area contributed by atoms with Gasteiger partial charge in [0.25, 0.3) is 5.91 Å². The SMILES string of the molecule is CN1[C@@H]2CC[C@H]1CC(Sc1ccc(NC(=O)c3ccccc3)cc1)C2. The summed E-state index contributed by atoms with van der Waals surface area (Å²) in [6, 6.07) is 19.2. The maximum absolute atomic E-state index is 12.2. The van der Waals surface area contributed by atoms with Gasteiger partial charge in [0.05, 0.1) is 0 Å². The average molecular weight is 353 g/mol. The van der Waals surface area contributed by atoms with Crippen LogP contribution in [-0.2, 0) is 0 Å². The van der Waals surface area contributed by atoms with Crippen molar-refractivity contribution in [3.05, 3.63) is 60.2 Å². The van der Waals surface area contributed by atoms with Crippen LogP contribution in [0, 0.1) is 0 Å². The summed E-state index contributed by atoms with van der Waals surface area (Å²) in [5, 5.41) is 3.68. The molecule has 2 bridgehead atoms. The van der Waals surface area contributed by atoms with Gasteiger partial charge in [-0.15, -0.1) is 11.8 Å². The Morgan fingerprint density at radius 2 is 1.64 bits per heavy atom. The molecule has 2 heterocycles. The van der Waals surface area contributed by atoms with E-state index in [0.29, 0.717) is 5.56 Å². The van der Waals surface area contributed by atoms with Crippen LogP contribution in [0.3, 0.4) is 0 Å². The van der Waals surface area contributed by atoms with E-state index in [-0.39, 0.29) is 5.91 Å². The summed E-state index contributed by atoms with van der Waals surface area (Å²) in [6.07, 6.45) is 5.32. The van der Waals surface area contributed by atoms with Gasteiger partial charge in [-0.25, -0.2) is 0 Å². The Hall–Kier alpha value is -1.78. The number of hydrogen-bond acceptors (Lipinski definition) is 3. The van der Waals surface area contributed by atoms with Crippen LogP contribution in [0.15, 0.2) is 59.5 Å². The largest absolute Gasteiger partial charge is 0.322 e. The third-order valence-electron chi connectivity index (χ3n) is 5.51. The quantitative estimate of drug-likeness (QED) is 0.869. The van der Waals surface area contributed by atoms with Crippen molar-refractivity contribution in [3.8, 4) is 0 Å². The molecule has 1 N–H and O–H groups in total. The van der Waals surface area contributed by atoms with E-state index in [2.05, 4.69) is 29.4 Å². The molecule has 0 spiro atoms. The lowest BCUT2D eigenvalue weighted by molar-refractivity contribution is 0.102. The zero-order valence-corrected chi connectivity index (χ0v) is 15.3. The first-order valence-electron chi connectivity index (χ1n) is 9.04. The van der Waals surface area contributed by atoms with Crippen molar-refractivity contribution < 1.29 is 4.79 Å². The summed E-state index contributed by atoms with van der Waals surface area (Å²) in [5.41, 5.74) is 1.53. The number of nitrogens with zero attached hydrogens (tertiary/aromatic N) is 1. The van der Waals surface area contributed by atoms with E-state index in [0.717, 1.165) is 23.0 Å². The van der Waals surface area contributed by atoms with E-state index < -0.39 is 0 Å². The molecule has 25 heavy (non-hydrogen) atoms. The number of fused-ring (bicyclic) bond motifs is 2. The van der Waals surface area contributed by atoms with Crippen molar-refractivity contribution in [1.82, 2.24) is 4.90 Å². The van der Waals surface area contributed by atoms with Gasteiger partial charge >= 0.3 is 0 Å². The molecule has 4 heteroatoms. The van der Waals surface area contributed by atoms with Crippen LogP contribution in [-0.4, -0.2) is 35.2 Å². The summed E-state index contributed by atoms with van der Waals surface area (Å²) in [7, 11) is 2.29. The van der Waals surface area contributed by atoms with Gasteiger partial charge in [0.15, 0.2) is 0 Å². The number of thioether (sulfide) groups is 1. The molecular formula is C21H24N2OS. The minimum Gasteiger partial charge on any atom is -0.322 e. The lowest BCUT2D eigenvalue weighted by Gasteiger charge is -2.36. The molecule has 4 rings (SSSR count). The zero-order chi connectivity index (χ0) is 17.2. The Bertz CT molecular complexity index is 717. The number of nitrogens with one attached hydrogen (secondary N) is 1. The maximum atomic E-state index is 12.2. The molecule has 0 aromatic heterocycles. The van der Waals surface area contributed by atoms with Gasteiger partial charge in [-0.05, 0) is 69.1 Å². The van der Waals surface area contributed by atoms with Crippen molar-refractivity contribution in [3.63, 3.8) is 0 Å². The smallest absolute Gasteiger partial charge is 0.255 e. The van der Waals surface area contributed by atoms with Crippen molar-refractivity contribution in [1.29, 1.82) is 0 Å². The van der Waals surface area contributed by atoms with Crippen LogP contribution < -0.4 is 5.32 Å². The maximum Gasteiger partial charge on any atom is 0.255 e. The highest BCUT2D eigenvalue weighted by Gasteiger charge is 2.38. The number of anilines is 1. The van der Waals surface area contributed by atoms with Crippen LogP contribution >= 0.6 is 11.8 Å². The third-order valence-corrected chi connectivity index (χ3v) is 6.77. The van der Waals surface area contributed by atoms with Gasteiger partial charge in [-0.3, -0.25) is 4.79 Å². The first-order chi connectivity index (χ1) is 12.2. The van der Waals surface area contributed by atoms with Crippen molar-refractivity contribution in [2.24, 2.45) is 0 Å². The molecule has 2 aliphatic rings. The minimum atomic E-state index is -0.0621. The van der Waals surface area contributed by atoms with Crippen molar-refractivity contribution >= 4 is 23.4 Å². The van der Waals surface area contributed by atoms with Crippen LogP contribution in [0.5, 0.6) is 0 Å². The number of amides is 1. The van der Waals surface area contributed by atoms with E-state index in [9.17, 15) is 4.79 Å². The summed E-state index contributed by atoms with van der Waals surface area (Å²) in [4.78, 5) is 16.1. The number of hydrogen-bond donors (Lipinski definition) is 1. The predicted octanol–water partition coefficient (Wildman–Crippen LogP) is 4.66. The lowest BCUT2D eigenvalue weighted by Crippen LogP contribution is -2.40. The summed E-state index contributed by atoms with van der Waals surface area (Å²) < 4.78 is 0. The van der Waals surface area contributed by atoms with Gasteiger partial charge in [-0.1, -0.05) is 18.2 Å². The molecule has 0 radical (unpaired) electrons. The molecule has 2 aromatic rings. The highest BCUT2D eigenvalue weighted by atomic mass is 32.2. The van der Waals surface area contributed by atoms with E-state index in [1.165, 1.54) is 30.6 Å². The molecule has 2 fully saturated rings. The normalized spacial score (nSPS) is 25.7. The van der Waals surface area contributed by atoms with Gasteiger partial charge in [-0.2, -0.15) is 0 Å². The van der Waals surface area contributed by atoms with E-state index in [4.69, 9.17) is 0 Å². The van der Waals surface area contributed by atoms with Crippen molar-refractivity contribution in [2.45, 2.75) is 47.9 Å². The number of carbonyl (C=O) groups excluding carboxylic acids is 1. The topological polar surface area (TPSA) is 32.3 Å². The molecule has 130 valence electrons. The average Bonchev–Trinajstić information content (AvgIpc) is 2.84. The van der Waals surface area contributed by atoms with Gasteiger partial charge in [0.1, 0.15) is 0 Å². The van der Waals surface area contributed by atoms with E-state index >= 15 is 0 Å². The molecule has 2 saturated heterocycles. The van der Waals surface area contributed by atoms with Crippen LogP contribution in [0.4, 0.5) is 5.69 Å². The molecule has 1 unspecified atom stereocenters. The lowest BCUT2D eigenvalue weighted by atomic mass is 10.0.